The van der Waals surface area contributed by atoms with Crippen LogP contribution >= 0.6 is 0 Å². The van der Waals surface area contributed by atoms with Crippen LogP contribution in [0.15, 0.2) is 18.2 Å². The Morgan fingerprint density at radius 1 is 1.41 bits per heavy atom. The number of nitrogen functional groups attached to an aromatic ring is 1. The predicted molar refractivity (Wildman–Crippen MR) is 70.6 cm³/mol. The zero-order valence-electron chi connectivity index (χ0n) is 10.4. The third kappa shape index (κ3) is 3.12. The summed E-state index contributed by atoms with van der Waals surface area (Å²) in [7, 11) is 0. The summed E-state index contributed by atoms with van der Waals surface area (Å²) in [4.78, 5) is 13.1. The minimum atomic E-state index is -0.976. The fraction of sp³-hybridized carbons (Fsp3) is 0.462. The molecule has 0 heterocycles. The molecule has 0 aliphatic carbocycles. The zero-order valence-corrected chi connectivity index (χ0v) is 10.4. The van der Waals surface area contributed by atoms with Gasteiger partial charge in [0, 0.05) is 13.1 Å². The van der Waals surface area contributed by atoms with Gasteiger partial charge in [0.25, 0.3) is 0 Å². The van der Waals surface area contributed by atoms with E-state index in [9.17, 15) is 4.79 Å². The van der Waals surface area contributed by atoms with Crippen molar-refractivity contribution in [3.63, 3.8) is 0 Å². The summed E-state index contributed by atoms with van der Waals surface area (Å²) in [6.45, 7) is 5.90. The Balaban J connectivity index is 3.03. The van der Waals surface area contributed by atoms with Crippen LogP contribution in [0.5, 0.6) is 0 Å². The van der Waals surface area contributed by atoms with E-state index in [1.165, 1.54) is 6.07 Å². The fourth-order valence-corrected chi connectivity index (χ4v) is 1.81. The predicted octanol–water partition coefficient (Wildman–Crippen LogP) is 2.59. The number of rotatable bonds is 6. The molecule has 4 nitrogen and oxygen atoms in total. The van der Waals surface area contributed by atoms with Crippen LogP contribution in [0.1, 0.15) is 37.0 Å². The lowest BCUT2D eigenvalue weighted by molar-refractivity contribution is 0.0698. The highest BCUT2D eigenvalue weighted by atomic mass is 16.4. The molecule has 0 fully saturated rings. The minimum Gasteiger partial charge on any atom is -0.478 e. The molecule has 0 bridgehead atoms. The molecular formula is C13H20N2O2. The summed E-state index contributed by atoms with van der Waals surface area (Å²) >= 11 is 0. The van der Waals surface area contributed by atoms with E-state index in [0.717, 1.165) is 31.6 Å². The van der Waals surface area contributed by atoms with Crippen molar-refractivity contribution in [2.24, 2.45) is 0 Å². The lowest BCUT2D eigenvalue weighted by Crippen LogP contribution is -2.25. The van der Waals surface area contributed by atoms with Crippen LogP contribution < -0.4 is 10.6 Å². The van der Waals surface area contributed by atoms with Crippen LogP contribution in [0.25, 0.3) is 0 Å². The molecule has 0 atom stereocenters. The molecule has 0 aromatic heterocycles. The lowest BCUT2D eigenvalue weighted by atomic mass is 10.1. The Morgan fingerprint density at radius 3 is 2.65 bits per heavy atom. The Labute approximate surface area is 102 Å². The zero-order chi connectivity index (χ0) is 12.8. The largest absolute Gasteiger partial charge is 0.478 e. The smallest absolute Gasteiger partial charge is 0.337 e. The molecule has 0 aliphatic heterocycles. The van der Waals surface area contributed by atoms with Crippen molar-refractivity contribution in [3.05, 3.63) is 23.8 Å². The van der Waals surface area contributed by atoms with E-state index >= 15 is 0 Å². The summed E-state index contributed by atoms with van der Waals surface area (Å²) < 4.78 is 0. The van der Waals surface area contributed by atoms with Gasteiger partial charge in [0.05, 0.1) is 16.9 Å². The summed E-state index contributed by atoms with van der Waals surface area (Å²) in [5, 5.41) is 9.02. The van der Waals surface area contributed by atoms with Crippen molar-refractivity contribution >= 4 is 17.3 Å². The number of anilines is 2. The summed E-state index contributed by atoms with van der Waals surface area (Å²) in [6.07, 6.45) is 2.18. The second-order valence-electron chi connectivity index (χ2n) is 3.98. The number of carboxylic acid groups (broad SMARTS) is 1. The second kappa shape index (κ2) is 6.13. The molecular weight excluding hydrogens is 216 g/mol. The Kier molecular flexibility index (Phi) is 4.82. The van der Waals surface area contributed by atoms with Gasteiger partial charge in [-0.25, -0.2) is 4.79 Å². The van der Waals surface area contributed by atoms with Crippen molar-refractivity contribution < 1.29 is 9.90 Å². The van der Waals surface area contributed by atoms with Crippen molar-refractivity contribution in [1.82, 2.24) is 0 Å². The van der Waals surface area contributed by atoms with Crippen molar-refractivity contribution in [2.75, 3.05) is 23.7 Å². The van der Waals surface area contributed by atoms with Crippen LogP contribution in [0.2, 0.25) is 0 Å². The molecule has 0 radical (unpaired) electrons. The topological polar surface area (TPSA) is 66.6 Å². The van der Waals surface area contributed by atoms with Crippen molar-refractivity contribution in [2.45, 2.75) is 26.7 Å². The SMILES string of the molecule is CCCCN(CC)c1cccc(C(=O)O)c1N. The maximum atomic E-state index is 11.0. The average molecular weight is 236 g/mol. The first kappa shape index (κ1) is 13.4. The van der Waals surface area contributed by atoms with E-state index in [0.29, 0.717) is 5.69 Å². The van der Waals surface area contributed by atoms with Crippen LogP contribution in [0.3, 0.4) is 0 Å². The van der Waals surface area contributed by atoms with E-state index in [2.05, 4.69) is 11.8 Å². The van der Waals surface area contributed by atoms with E-state index in [1.807, 2.05) is 13.0 Å². The second-order valence-corrected chi connectivity index (χ2v) is 3.98. The summed E-state index contributed by atoms with van der Waals surface area (Å²) in [5.41, 5.74) is 7.27. The van der Waals surface area contributed by atoms with Crippen LogP contribution in [0.4, 0.5) is 11.4 Å². The van der Waals surface area contributed by atoms with Gasteiger partial charge in [-0.1, -0.05) is 19.4 Å². The molecule has 94 valence electrons. The number of nitrogens with zero attached hydrogens (tertiary/aromatic N) is 1. The van der Waals surface area contributed by atoms with Gasteiger partial charge in [-0.15, -0.1) is 0 Å². The van der Waals surface area contributed by atoms with Gasteiger partial charge < -0.3 is 15.7 Å². The molecule has 3 N–H and O–H groups in total. The number of hydrogen-bond acceptors (Lipinski definition) is 3. The number of para-hydroxylation sites is 1. The van der Waals surface area contributed by atoms with Gasteiger partial charge in [0.15, 0.2) is 0 Å². The normalized spacial score (nSPS) is 10.2. The number of unbranched alkanes of at least 4 members (excludes halogenated alkanes) is 1. The molecule has 0 saturated carbocycles. The van der Waals surface area contributed by atoms with E-state index in [1.54, 1.807) is 6.07 Å². The van der Waals surface area contributed by atoms with Gasteiger partial charge in [0.1, 0.15) is 0 Å². The molecule has 0 amide bonds. The molecule has 0 spiro atoms. The quantitative estimate of drug-likeness (QED) is 0.745. The number of benzene rings is 1. The molecule has 4 heteroatoms. The Bertz CT molecular complexity index is 391. The standard InChI is InChI=1S/C13H20N2O2/c1-3-5-9-15(4-2)11-8-6-7-10(12(11)14)13(16)17/h6-8H,3-5,9,14H2,1-2H3,(H,16,17). The van der Waals surface area contributed by atoms with E-state index in [-0.39, 0.29) is 5.56 Å². The summed E-state index contributed by atoms with van der Waals surface area (Å²) in [5.74, 6) is -0.976. The number of hydrogen-bond donors (Lipinski definition) is 2. The number of nitrogens with two attached hydrogens (primary N) is 1. The van der Waals surface area contributed by atoms with Gasteiger partial charge in [0.2, 0.25) is 0 Å². The summed E-state index contributed by atoms with van der Waals surface area (Å²) in [6, 6.07) is 5.15. The molecule has 0 unspecified atom stereocenters. The lowest BCUT2D eigenvalue weighted by Gasteiger charge is -2.25. The highest BCUT2D eigenvalue weighted by Crippen LogP contribution is 2.26. The van der Waals surface area contributed by atoms with Crippen molar-refractivity contribution in [1.29, 1.82) is 0 Å². The van der Waals surface area contributed by atoms with E-state index < -0.39 is 5.97 Å². The minimum absolute atomic E-state index is 0.178. The monoisotopic (exact) mass is 236 g/mol. The maximum Gasteiger partial charge on any atom is 0.337 e. The van der Waals surface area contributed by atoms with Crippen LogP contribution in [0, 0.1) is 0 Å². The van der Waals surface area contributed by atoms with Gasteiger partial charge in [-0.05, 0) is 25.5 Å². The third-order valence-electron chi connectivity index (χ3n) is 2.82. The highest BCUT2D eigenvalue weighted by Gasteiger charge is 2.14. The fourth-order valence-electron chi connectivity index (χ4n) is 1.81. The first-order chi connectivity index (χ1) is 8.11. The number of carboxylic acids is 1. The Morgan fingerprint density at radius 2 is 2.12 bits per heavy atom. The van der Waals surface area contributed by atoms with Crippen LogP contribution in [-0.4, -0.2) is 24.2 Å². The molecule has 1 aromatic carbocycles. The third-order valence-corrected chi connectivity index (χ3v) is 2.82. The highest BCUT2D eigenvalue weighted by molar-refractivity contribution is 5.97. The number of aromatic carboxylic acids is 1. The first-order valence-electron chi connectivity index (χ1n) is 5.98. The van der Waals surface area contributed by atoms with Gasteiger partial charge in [-0.3, -0.25) is 0 Å². The molecule has 1 rings (SSSR count). The van der Waals surface area contributed by atoms with Gasteiger partial charge >= 0.3 is 5.97 Å². The molecule has 17 heavy (non-hydrogen) atoms. The maximum absolute atomic E-state index is 11.0. The van der Waals surface area contributed by atoms with Crippen LogP contribution in [-0.2, 0) is 0 Å². The Hall–Kier alpha value is -1.71. The molecule has 0 saturated heterocycles. The van der Waals surface area contributed by atoms with Crippen molar-refractivity contribution in [3.8, 4) is 0 Å². The average Bonchev–Trinajstić information content (AvgIpc) is 2.31. The molecule has 1 aromatic rings. The first-order valence-corrected chi connectivity index (χ1v) is 5.98. The molecule has 0 aliphatic rings. The van der Waals surface area contributed by atoms with E-state index in [4.69, 9.17) is 10.8 Å². The van der Waals surface area contributed by atoms with Gasteiger partial charge in [-0.2, -0.15) is 0 Å². The number of carbonyl (C=O) groups is 1.